The van der Waals surface area contributed by atoms with Crippen molar-refractivity contribution in [2.45, 2.75) is 44.8 Å². The van der Waals surface area contributed by atoms with Gasteiger partial charge in [0.15, 0.2) is 0 Å². The summed E-state index contributed by atoms with van der Waals surface area (Å²) >= 11 is 0. The third-order valence-electron chi connectivity index (χ3n) is 2.51. The van der Waals surface area contributed by atoms with E-state index in [9.17, 15) is 8.42 Å². The van der Waals surface area contributed by atoms with E-state index in [0.717, 1.165) is 5.56 Å². The standard InChI is InChI=1S/C13H19ClO3S/c1-9(2)13(17-10(3)4)11-5-7-12(8-6-11)18(14,15)16/h5-10,13H,1-4H3/t13-/m1/s1. The van der Waals surface area contributed by atoms with E-state index in [4.69, 9.17) is 15.4 Å². The van der Waals surface area contributed by atoms with Crippen LogP contribution in [-0.2, 0) is 13.8 Å². The van der Waals surface area contributed by atoms with E-state index in [1.807, 2.05) is 13.8 Å². The van der Waals surface area contributed by atoms with Crippen molar-refractivity contribution < 1.29 is 13.2 Å². The minimum atomic E-state index is -3.66. The van der Waals surface area contributed by atoms with Crippen LogP contribution in [0.2, 0.25) is 0 Å². The molecule has 3 nitrogen and oxygen atoms in total. The third kappa shape index (κ3) is 4.26. The van der Waals surface area contributed by atoms with Crippen molar-refractivity contribution in [3.05, 3.63) is 29.8 Å². The molecule has 0 aliphatic carbocycles. The highest BCUT2D eigenvalue weighted by Gasteiger charge is 2.19. The first-order valence-corrected chi connectivity index (χ1v) is 8.23. The Morgan fingerprint density at radius 3 is 1.89 bits per heavy atom. The number of rotatable bonds is 5. The van der Waals surface area contributed by atoms with E-state index in [1.165, 1.54) is 12.1 Å². The second-order valence-corrected chi connectivity index (χ2v) is 7.42. The van der Waals surface area contributed by atoms with Crippen molar-refractivity contribution in [1.82, 2.24) is 0 Å². The van der Waals surface area contributed by atoms with E-state index in [-0.39, 0.29) is 17.1 Å². The third-order valence-corrected chi connectivity index (χ3v) is 3.88. The van der Waals surface area contributed by atoms with Gasteiger partial charge in [-0.3, -0.25) is 0 Å². The lowest BCUT2D eigenvalue weighted by atomic mass is 9.99. The van der Waals surface area contributed by atoms with Gasteiger partial charge in [-0.2, -0.15) is 0 Å². The minimum absolute atomic E-state index is 0.0444. The average Bonchev–Trinajstić information content (AvgIpc) is 2.24. The van der Waals surface area contributed by atoms with Crippen LogP contribution in [0.15, 0.2) is 29.2 Å². The zero-order chi connectivity index (χ0) is 13.9. The monoisotopic (exact) mass is 290 g/mol. The molecule has 0 unspecified atom stereocenters. The predicted molar refractivity (Wildman–Crippen MR) is 73.3 cm³/mol. The van der Waals surface area contributed by atoms with Crippen molar-refractivity contribution in [3.63, 3.8) is 0 Å². The van der Waals surface area contributed by atoms with Gasteiger partial charge in [-0.05, 0) is 37.5 Å². The molecule has 0 radical (unpaired) electrons. The fourth-order valence-electron chi connectivity index (χ4n) is 1.73. The average molecular weight is 291 g/mol. The Bertz CT molecular complexity index is 477. The van der Waals surface area contributed by atoms with E-state index < -0.39 is 9.05 Å². The van der Waals surface area contributed by atoms with Crippen molar-refractivity contribution in [1.29, 1.82) is 0 Å². The summed E-state index contributed by atoms with van der Waals surface area (Å²) in [7, 11) is 1.62. The SMILES string of the molecule is CC(C)O[C@@H](c1ccc(S(=O)(=O)Cl)cc1)C(C)C. The Balaban J connectivity index is 3.01. The first-order chi connectivity index (χ1) is 8.21. The highest BCUT2D eigenvalue weighted by molar-refractivity contribution is 8.13. The molecule has 5 heteroatoms. The first kappa shape index (κ1) is 15.5. The van der Waals surface area contributed by atoms with Crippen LogP contribution in [0.5, 0.6) is 0 Å². The molecule has 0 fully saturated rings. The van der Waals surface area contributed by atoms with Crippen LogP contribution in [-0.4, -0.2) is 14.5 Å². The minimum Gasteiger partial charge on any atom is -0.371 e. The lowest BCUT2D eigenvalue weighted by Gasteiger charge is -2.24. The molecule has 1 atom stereocenters. The van der Waals surface area contributed by atoms with Crippen molar-refractivity contribution in [2.75, 3.05) is 0 Å². The Kier molecular flexibility index (Phi) is 5.20. The summed E-state index contributed by atoms with van der Waals surface area (Å²) in [5.41, 5.74) is 0.961. The van der Waals surface area contributed by atoms with Gasteiger partial charge in [0.1, 0.15) is 0 Å². The summed E-state index contributed by atoms with van der Waals surface area (Å²) in [6.45, 7) is 8.10. The maximum Gasteiger partial charge on any atom is 0.261 e. The molecule has 102 valence electrons. The van der Waals surface area contributed by atoms with Crippen LogP contribution in [0, 0.1) is 5.92 Å². The molecular weight excluding hydrogens is 272 g/mol. The van der Waals surface area contributed by atoms with Crippen LogP contribution in [0.25, 0.3) is 0 Å². The van der Waals surface area contributed by atoms with Crippen LogP contribution in [0.4, 0.5) is 0 Å². The number of hydrogen-bond donors (Lipinski definition) is 0. The topological polar surface area (TPSA) is 43.4 Å². The summed E-state index contributed by atoms with van der Waals surface area (Å²) < 4.78 is 28.2. The Hall–Kier alpha value is -0.580. The molecule has 0 bridgehead atoms. The molecule has 0 saturated carbocycles. The lowest BCUT2D eigenvalue weighted by molar-refractivity contribution is -0.0200. The molecule has 0 aromatic heterocycles. The number of ether oxygens (including phenoxy) is 1. The molecule has 0 aliphatic rings. The number of halogens is 1. The molecule has 0 spiro atoms. The summed E-state index contributed by atoms with van der Waals surface area (Å²) in [4.78, 5) is 0.111. The molecule has 1 aromatic carbocycles. The van der Waals surface area contributed by atoms with E-state index >= 15 is 0 Å². The largest absolute Gasteiger partial charge is 0.371 e. The molecule has 0 aliphatic heterocycles. The summed E-state index contributed by atoms with van der Waals surface area (Å²) in [6, 6.07) is 6.53. The van der Waals surface area contributed by atoms with Gasteiger partial charge in [0.05, 0.1) is 17.1 Å². The van der Waals surface area contributed by atoms with Gasteiger partial charge < -0.3 is 4.74 Å². The molecule has 0 saturated heterocycles. The van der Waals surface area contributed by atoms with E-state index in [1.54, 1.807) is 12.1 Å². The predicted octanol–water partition coefficient (Wildman–Crippen LogP) is 3.74. The fraction of sp³-hybridized carbons (Fsp3) is 0.538. The van der Waals surface area contributed by atoms with Gasteiger partial charge in [0.25, 0.3) is 9.05 Å². The van der Waals surface area contributed by atoms with Crippen molar-refractivity contribution in [2.24, 2.45) is 5.92 Å². The zero-order valence-corrected chi connectivity index (χ0v) is 12.6. The smallest absolute Gasteiger partial charge is 0.261 e. The number of benzene rings is 1. The Morgan fingerprint density at radius 2 is 1.56 bits per heavy atom. The van der Waals surface area contributed by atoms with Gasteiger partial charge >= 0.3 is 0 Å². The molecule has 0 amide bonds. The molecule has 1 aromatic rings. The Morgan fingerprint density at radius 1 is 1.06 bits per heavy atom. The van der Waals surface area contributed by atoms with Gasteiger partial charge in [-0.1, -0.05) is 26.0 Å². The zero-order valence-electron chi connectivity index (χ0n) is 11.1. The van der Waals surface area contributed by atoms with Crippen LogP contribution >= 0.6 is 10.7 Å². The van der Waals surface area contributed by atoms with Gasteiger partial charge in [0, 0.05) is 10.7 Å². The van der Waals surface area contributed by atoms with E-state index in [2.05, 4.69) is 13.8 Å². The van der Waals surface area contributed by atoms with Crippen LogP contribution in [0.3, 0.4) is 0 Å². The molecule has 0 heterocycles. The number of hydrogen-bond acceptors (Lipinski definition) is 3. The first-order valence-electron chi connectivity index (χ1n) is 5.92. The highest BCUT2D eigenvalue weighted by atomic mass is 35.7. The quantitative estimate of drug-likeness (QED) is 0.776. The normalized spacial score (nSPS) is 14.2. The maximum absolute atomic E-state index is 11.2. The second kappa shape index (κ2) is 6.04. The second-order valence-electron chi connectivity index (χ2n) is 4.86. The molecule has 18 heavy (non-hydrogen) atoms. The molecule has 0 N–H and O–H groups in total. The van der Waals surface area contributed by atoms with Crippen LogP contribution in [0.1, 0.15) is 39.4 Å². The van der Waals surface area contributed by atoms with E-state index in [0.29, 0.717) is 5.92 Å². The lowest BCUT2D eigenvalue weighted by Crippen LogP contribution is -2.15. The van der Waals surface area contributed by atoms with Gasteiger partial charge in [0.2, 0.25) is 0 Å². The maximum atomic E-state index is 11.2. The summed E-state index contributed by atoms with van der Waals surface area (Å²) in [5.74, 6) is 0.311. The fourth-order valence-corrected chi connectivity index (χ4v) is 2.50. The Labute approximate surface area is 114 Å². The van der Waals surface area contributed by atoms with Crippen LogP contribution < -0.4 is 0 Å². The van der Waals surface area contributed by atoms with Gasteiger partial charge in [-0.25, -0.2) is 8.42 Å². The highest BCUT2D eigenvalue weighted by Crippen LogP contribution is 2.28. The van der Waals surface area contributed by atoms with Crippen molar-refractivity contribution in [3.8, 4) is 0 Å². The summed E-state index contributed by atoms with van der Waals surface area (Å²) in [5, 5.41) is 0. The van der Waals surface area contributed by atoms with Gasteiger partial charge in [-0.15, -0.1) is 0 Å². The molecular formula is C13H19ClO3S. The van der Waals surface area contributed by atoms with Crippen molar-refractivity contribution >= 4 is 19.7 Å². The summed E-state index contributed by atoms with van der Waals surface area (Å²) in [6.07, 6.45) is 0.0749. The molecule has 1 rings (SSSR count).